The van der Waals surface area contributed by atoms with Gasteiger partial charge < -0.3 is 9.15 Å². The van der Waals surface area contributed by atoms with Crippen molar-refractivity contribution in [3.05, 3.63) is 69.8 Å². The number of carbonyl (C=O) groups is 1. The molecule has 0 atom stereocenters. The van der Waals surface area contributed by atoms with Crippen LogP contribution in [-0.2, 0) is 0 Å². The van der Waals surface area contributed by atoms with Crippen molar-refractivity contribution in [2.75, 3.05) is 5.43 Å². The Morgan fingerprint density at radius 2 is 1.85 bits per heavy atom. The van der Waals surface area contributed by atoms with Crippen molar-refractivity contribution in [1.29, 1.82) is 0 Å². The minimum atomic E-state index is -0.564. The first-order valence-corrected chi connectivity index (χ1v) is 8.48. The predicted molar refractivity (Wildman–Crippen MR) is 101 cm³/mol. The Morgan fingerprint density at radius 1 is 1.15 bits per heavy atom. The smallest absolute Gasteiger partial charge is 0.379 e. The van der Waals surface area contributed by atoms with E-state index in [0.29, 0.717) is 16.4 Å². The van der Waals surface area contributed by atoms with E-state index in [2.05, 4.69) is 36.4 Å². The number of rotatable bonds is 5. The fourth-order valence-electron chi connectivity index (χ4n) is 2.14. The van der Waals surface area contributed by atoms with Gasteiger partial charge in [0.1, 0.15) is 5.75 Å². The van der Waals surface area contributed by atoms with Crippen molar-refractivity contribution in [3.63, 3.8) is 0 Å². The number of halogens is 1. The Kier molecular flexibility index (Phi) is 5.43. The van der Waals surface area contributed by atoms with E-state index in [1.54, 1.807) is 36.5 Å². The second-order valence-corrected chi connectivity index (χ2v) is 6.19. The monoisotopic (exact) mass is 414 g/mol. The van der Waals surface area contributed by atoms with E-state index >= 15 is 0 Å². The van der Waals surface area contributed by atoms with Gasteiger partial charge in [0.2, 0.25) is 11.7 Å². The Morgan fingerprint density at radius 3 is 2.46 bits per heavy atom. The molecule has 0 aliphatic carbocycles. The molecule has 3 aromatic rings. The first-order chi connectivity index (χ1) is 12.5. The van der Waals surface area contributed by atoms with Crippen LogP contribution in [0, 0.1) is 13.8 Å². The van der Waals surface area contributed by atoms with E-state index in [9.17, 15) is 4.79 Å². The SMILES string of the molecule is Cc1cc(C)nc(N/N=C/c2ccc(OC(=O)c3ccc(Br)o3)cc2)n1. The number of furan rings is 1. The van der Waals surface area contributed by atoms with Gasteiger partial charge >= 0.3 is 5.97 Å². The van der Waals surface area contributed by atoms with Crippen LogP contribution in [0.2, 0.25) is 0 Å². The Balaban J connectivity index is 1.59. The van der Waals surface area contributed by atoms with E-state index in [0.717, 1.165) is 17.0 Å². The molecule has 0 aliphatic heterocycles. The summed E-state index contributed by atoms with van der Waals surface area (Å²) >= 11 is 3.14. The third kappa shape index (κ3) is 4.76. The van der Waals surface area contributed by atoms with Crippen LogP contribution in [0.1, 0.15) is 27.5 Å². The molecule has 0 fully saturated rings. The number of aryl methyl sites for hydroxylation is 2. The van der Waals surface area contributed by atoms with Gasteiger partial charge in [-0.25, -0.2) is 20.2 Å². The summed E-state index contributed by atoms with van der Waals surface area (Å²) < 4.78 is 10.9. The maximum absolute atomic E-state index is 11.9. The molecule has 0 radical (unpaired) electrons. The van der Waals surface area contributed by atoms with Crippen molar-refractivity contribution >= 4 is 34.1 Å². The van der Waals surface area contributed by atoms with Crippen molar-refractivity contribution in [2.24, 2.45) is 5.10 Å². The first-order valence-electron chi connectivity index (χ1n) is 7.68. The van der Waals surface area contributed by atoms with Crippen molar-refractivity contribution < 1.29 is 13.9 Å². The molecule has 2 aromatic heterocycles. The summed E-state index contributed by atoms with van der Waals surface area (Å²) in [5.74, 6) is 0.407. The van der Waals surface area contributed by atoms with Gasteiger partial charge in [0, 0.05) is 11.4 Å². The summed E-state index contributed by atoms with van der Waals surface area (Å²) in [5.41, 5.74) is 5.34. The zero-order chi connectivity index (χ0) is 18.5. The molecule has 1 aromatic carbocycles. The number of carbonyl (C=O) groups excluding carboxylic acids is 1. The van der Waals surface area contributed by atoms with Gasteiger partial charge in [-0.15, -0.1) is 0 Å². The number of hydrazone groups is 1. The molecule has 132 valence electrons. The predicted octanol–water partition coefficient (Wildman–Crippen LogP) is 4.11. The molecular weight excluding hydrogens is 400 g/mol. The lowest BCUT2D eigenvalue weighted by atomic mass is 10.2. The molecular formula is C18H15BrN4O3. The van der Waals surface area contributed by atoms with Crippen LogP contribution < -0.4 is 10.2 Å². The minimum Gasteiger partial charge on any atom is -0.442 e. The fourth-order valence-corrected chi connectivity index (χ4v) is 2.45. The number of ether oxygens (including phenoxy) is 1. The highest BCUT2D eigenvalue weighted by molar-refractivity contribution is 9.10. The topological polar surface area (TPSA) is 89.6 Å². The third-order valence-corrected chi connectivity index (χ3v) is 3.65. The molecule has 0 unspecified atom stereocenters. The normalized spacial score (nSPS) is 10.9. The summed E-state index contributed by atoms with van der Waals surface area (Å²) in [6.45, 7) is 3.79. The average molecular weight is 415 g/mol. The zero-order valence-electron chi connectivity index (χ0n) is 14.1. The van der Waals surface area contributed by atoms with Gasteiger partial charge in [0.25, 0.3) is 0 Å². The largest absolute Gasteiger partial charge is 0.442 e. The second-order valence-electron chi connectivity index (χ2n) is 5.41. The lowest BCUT2D eigenvalue weighted by molar-refractivity contribution is 0.0700. The van der Waals surface area contributed by atoms with Crippen molar-refractivity contribution in [3.8, 4) is 5.75 Å². The van der Waals surface area contributed by atoms with Gasteiger partial charge in [-0.1, -0.05) is 0 Å². The quantitative estimate of drug-likeness (QED) is 0.292. The number of benzene rings is 1. The third-order valence-electron chi connectivity index (χ3n) is 3.23. The highest BCUT2D eigenvalue weighted by Gasteiger charge is 2.12. The molecule has 7 nitrogen and oxygen atoms in total. The van der Waals surface area contributed by atoms with Crippen molar-refractivity contribution in [2.45, 2.75) is 13.8 Å². The number of hydrogen-bond donors (Lipinski definition) is 1. The maximum atomic E-state index is 11.9. The number of aromatic nitrogens is 2. The van der Waals surface area contributed by atoms with E-state index in [1.165, 1.54) is 6.07 Å². The molecule has 0 saturated carbocycles. The fraction of sp³-hybridized carbons (Fsp3) is 0.111. The number of esters is 1. The average Bonchev–Trinajstić information content (AvgIpc) is 3.02. The highest BCUT2D eigenvalue weighted by Crippen LogP contribution is 2.17. The molecule has 2 heterocycles. The summed E-state index contributed by atoms with van der Waals surface area (Å²) in [5, 5.41) is 4.11. The lowest BCUT2D eigenvalue weighted by Crippen LogP contribution is -2.07. The zero-order valence-corrected chi connectivity index (χ0v) is 15.6. The van der Waals surface area contributed by atoms with Crippen LogP contribution in [0.5, 0.6) is 5.75 Å². The van der Waals surface area contributed by atoms with Crippen LogP contribution in [0.15, 0.2) is 56.7 Å². The van der Waals surface area contributed by atoms with Gasteiger partial charge in [-0.3, -0.25) is 0 Å². The van der Waals surface area contributed by atoms with E-state index in [1.807, 2.05) is 19.9 Å². The number of anilines is 1. The standard InChI is InChI=1S/C18H15BrN4O3/c1-11-9-12(2)22-18(21-11)23-20-10-13-3-5-14(6-4-13)25-17(24)15-7-8-16(19)26-15/h3-10H,1-2H3,(H,21,22,23)/b20-10+. The summed E-state index contributed by atoms with van der Waals surface area (Å²) in [4.78, 5) is 20.4. The van der Waals surface area contributed by atoms with Gasteiger partial charge in [-0.2, -0.15) is 5.10 Å². The Hall–Kier alpha value is -3.00. The number of hydrogen-bond acceptors (Lipinski definition) is 7. The van der Waals surface area contributed by atoms with Crippen LogP contribution in [-0.4, -0.2) is 22.2 Å². The Bertz CT molecular complexity index is 931. The summed E-state index contributed by atoms with van der Waals surface area (Å²) in [7, 11) is 0. The molecule has 0 saturated heterocycles. The minimum absolute atomic E-state index is 0.125. The lowest BCUT2D eigenvalue weighted by Gasteiger charge is -2.03. The Labute approximate surface area is 158 Å². The molecule has 0 spiro atoms. The second kappa shape index (κ2) is 7.92. The van der Waals surface area contributed by atoms with Gasteiger partial charge in [0.05, 0.1) is 6.21 Å². The van der Waals surface area contributed by atoms with E-state index < -0.39 is 5.97 Å². The van der Waals surface area contributed by atoms with Crippen LogP contribution in [0.3, 0.4) is 0 Å². The van der Waals surface area contributed by atoms with Crippen LogP contribution in [0.25, 0.3) is 0 Å². The van der Waals surface area contributed by atoms with Gasteiger partial charge in [-0.05, 0) is 77.8 Å². The number of nitrogens with one attached hydrogen (secondary N) is 1. The van der Waals surface area contributed by atoms with E-state index in [-0.39, 0.29) is 5.76 Å². The molecule has 1 N–H and O–H groups in total. The maximum Gasteiger partial charge on any atom is 0.379 e. The van der Waals surface area contributed by atoms with Crippen LogP contribution >= 0.6 is 15.9 Å². The highest BCUT2D eigenvalue weighted by atomic mass is 79.9. The summed E-state index contributed by atoms with van der Waals surface area (Å²) in [6.07, 6.45) is 1.62. The molecule has 8 heteroatoms. The summed E-state index contributed by atoms with van der Waals surface area (Å²) in [6, 6.07) is 11.9. The van der Waals surface area contributed by atoms with Crippen LogP contribution in [0.4, 0.5) is 5.95 Å². The van der Waals surface area contributed by atoms with Gasteiger partial charge in [0.15, 0.2) is 4.67 Å². The van der Waals surface area contributed by atoms with E-state index in [4.69, 9.17) is 9.15 Å². The van der Waals surface area contributed by atoms with Crippen molar-refractivity contribution in [1.82, 2.24) is 9.97 Å². The molecule has 0 aliphatic rings. The molecule has 0 amide bonds. The first kappa shape index (κ1) is 17.8. The number of nitrogens with zero attached hydrogens (tertiary/aromatic N) is 3. The molecule has 3 rings (SSSR count). The molecule has 0 bridgehead atoms. The molecule has 26 heavy (non-hydrogen) atoms.